The topological polar surface area (TPSA) is 59.4 Å². The van der Waals surface area contributed by atoms with Crippen molar-refractivity contribution < 1.29 is 9.64 Å². The van der Waals surface area contributed by atoms with E-state index in [-0.39, 0.29) is 5.56 Å². The minimum absolute atomic E-state index is 0.0755. The maximum absolute atomic E-state index is 12.7. The van der Waals surface area contributed by atoms with Crippen molar-refractivity contribution in [1.82, 2.24) is 9.97 Å². The molecule has 4 rings (SSSR count). The monoisotopic (exact) mass is 392 g/mol. The number of quaternary nitrogens is 1. The van der Waals surface area contributed by atoms with Gasteiger partial charge in [-0.05, 0) is 17.7 Å². The summed E-state index contributed by atoms with van der Waals surface area (Å²) in [6.07, 6.45) is 0. The first-order chi connectivity index (χ1) is 13.7. The molecule has 0 aliphatic rings. The van der Waals surface area contributed by atoms with Crippen molar-refractivity contribution in [3.8, 4) is 16.9 Å². The highest BCUT2D eigenvalue weighted by molar-refractivity contribution is 7.17. The first-order valence-electron chi connectivity index (χ1n) is 9.25. The molecule has 1 atom stereocenters. The van der Waals surface area contributed by atoms with Crippen LogP contribution in [-0.2, 0) is 6.54 Å². The van der Waals surface area contributed by atoms with Gasteiger partial charge in [-0.25, -0.2) is 4.98 Å². The standard InChI is InChI=1S/C22H21N3O2S/c1-25(12-13-27-17-10-6-3-7-11-17)14-19-23-21(26)20-18(15-28-22(20)24-19)16-8-4-2-5-9-16/h2-11,15H,12-14H2,1H3,(H,23,24,26)/p+1. The average Bonchev–Trinajstić information content (AvgIpc) is 3.14. The number of likely N-dealkylation sites (N-methyl/N-ethyl adjacent to an activating group) is 1. The van der Waals surface area contributed by atoms with Gasteiger partial charge in [-0.2, -0.15) is 0 Å². The van der Waals surface area contributed by atoms with Crippen LogP contribution in [0.15, 0.2) is 70.8 Å². The van der Waals surface area contributed by atoms with E-state index in [1.807, 2.05) is 66.0 Å². The number of para-hydroxylation sites is 1. The lowest BCUT2D eigenvalue weighted by Crippen LogP contribution is -3.08. The predicted molar refractivity (Wildman–Crippen MR) is 113 cm³/mol. The summed E-state index contributed by atoms with van der Waals surface area (Å²) in [6, 6.07) is 19.7. The van der Waals surface area contributed by atoms with Gasteiger partial charge in [0, 0.05) is 10.9 Å². The predicted octanol–water partition coefficient (Wildman–Crippen LogP) is 2.75. The molecule has 0 saturated carbocycles. The lowest BCUT2D eigenvalue weighted by atomic mass is 10.1. The molecular formula is C22H22N3O2S+. The molecule has 1 unspecified atom stereocenters. The molecule has 4 aromatic rings. The molecule has 0 bridgehead atoms. The highest BCUT2D eigenvalue weighted by atomic mass is 32.1. The Hall–Kier alpha value is -2.96. The molecule has 0 amide bonds. The van der Waals surface area contributed by atoms with Gasteiger partial charge in [-0.3, -0.25) is 4.79 Å². The molecule has 0 fully saturated rings. The SMILES string of the molecule is C[NH+](CCOc1ccccc1)Cc1nc2scc(-c3ccccc3)c2c(=O)[nH]1. The Balaban J connectivity index is 1.45. The Bertz CT molecular complexity index is 1110. The number of thiophene rings is 1. The average molecular weight is 393 g/mol. The van der Waals surface area contributed by atoms with Gasteiger partial charge in [-0.1, -0.05) is 48.5 Å². The number of hydrogen-bond donors (Lipinski definition) is 2. The van der Waals surface area contributed by atoms with Gasteiger partial charge < -0.3 is 14.6 Å². The van der Waals surface area contributed by atoms with Crippen LogP contribution in [0.5, 0.6) is 5.75 Å². The summed E-state index contributed by atoms with van der Waals surface area (Å²) in [4.78, 5) is 22.4. The lowest BCUT2D eigenvalue weighted by Gasteiger charge is -2.14. The number of benzene rings is 2. The van der Waals surface area contributed by atoms with Gasteiger partial charge in [0.1, 0.15) is 30.3 Å². The molecule has 142 valence electrons. The number of aromatic nitrogens is 2. The zero-order chi connectivity index (χ0) is 19.3. The fraction of sp³-hybridized carbons (Fsp3) is 0.182. The molecule has 0 saturated heterocycles. The smallest absolute Gasteiger partial charge is 0.260 e. The van der Waals surface area contributed by atoms with Crippen LogP contribution in [0, 0.1) is 0 Å². The first-order valence-corrected chi connectivity index (χ1v) is 10.1. The van der Waals surface area contributed by atoms with Crippen LogP contribution >= 0.6 is 11.3 Å². The number of nitrogens with one attached hydrogen (secondary N) is 2. The number of aromatic amines is 1. The quantitative estimate of drug-likeness (QED) is 0.508. The number of fused-ring (bicyclic) bond motifs is 1. The number of ether oxygens (including phenoxy) is 1. The summed E-state index contributed by atoms with van der Waals surface area (Å²) in [5.41, 5.74) is 1.90. The summed E-state index contributed by atoms with van der Waals surface area (Å²) < 4.78 is 5.75. The van der Waals surface area contributed by atoms with Crippen LogP contribution in [-0.4, -0.2) is 30.2 Å². The Morgan fingerprint density at radius 3 is 2.54 bits per heavy atom. The van der Waals surface area contributed by atoms with Crippen molar-refractivity contribution in [2.24, 2.45) is 0 Å². The fourth-order valence-electron chi connectivity index (χ4n) is 3.14. The second-order valence-electron chi connectivity index (χ2n) is 6.75. The van der Waals surface area contributed by atoms with Crippen molar-refractivity contribution in [2.75, 3.05) is 20.2 Å². The van der Waals surface area contributed by atoms with Crippen molar-refractivity contribution in [1.29, 1.82) is 0 Å². The van der Waals surface area contributed by atoms with Crippen molar-refractivity contribution in [3.63, 3.8) is 0 Å². The molecular weight excluding hydrogens is 370 g/mol. The van der Waals surface area contributed by atoms with E-state index in [1.54, 1.807) is 0 Å². The Morgan fingerprint density at radius 2 is 1.79 bits per heavy atom. The zero-order valence-electron chi connectivity index (χ0n) is 15.6. The second kappa shape index (κ2) is 8.37. The van der Waals surface area contributed by atoms with Crippen molar-refractivity contribution in [3.05, 3.63) is 82.2 Å². The van der Waals surface area contributed by atoms with Crippen LogP contribution < -0.4 is 15.2 Å². The number of hydrogen-bond acceptors (Lipinski definition) is 4. The molecule has 2 heterocycles. The maximum Gasteiger partial charge on any atom is 0.260 e. The van der Waals surface area contributed by atoms with E-state index < -0.39 is 0 Å². The van der Waals surface area contributed by atoms with Crippen LogP contribution in [0.4, 0.5) is 0 Å². The summed E-state index contributed by atoms with van der Waals surface area (Å²) in [7, 11) is 2.07. The van der Waals surface area contributed by atoms with Crippen LogP contribution in [0.2, 0.25) is 0 Å². The van der Waals surface area contributed by atoms with Crippen molar-refractivity contribution in [2.45, 2.75) is 6.54 Å². The molecule has 2 aromatic heterocycles. The van der Waals surface area contributed by atoms with E-state index >= 15 is 0 Å². The summed E-state index contributed by atoms with van der Waals surface area (Å²) in [5, 5.41) is 2.68. The molecule has 0 spiro atoms. The van der Waals surface area contributed by atoms with Gasteiger partial charge in [-0.15, -0.1) is 11.3 Å². The summed E-state index contributed by atoms with van der Waals surface area (Å²) in [6.45, 7) is 2.07. The fourth-order valence-corrected chi connectivity index (χ4v) is 4.11. The molecule has 0 aliphatic heterocycles. The highest BCUT2D eigenvalue weighted by Crippen LogP contribution is 2.30. The normalized spacial score (nSPS) is 12.2. The van der Waals surface area contributed by atoms with Gasteiger partial charge in [0.2, 0.25) is 0 Å². The van der Waals surface area contributed by atoms with Crippen LogP contribution in [0.1, 0.15) is 5.82 Å². The third-order valence-electron chi connectivity index (χ3n) is 4.59. The van der Waals surface area contributed by atoms with E-state index in [2.05, 4.69) is 17.0 Å². The number of H-pyrrole nitrogens is 1. The third-order valence-corrected chi connectivity index (χ3v) is 5.46. The second-order valence-corrected chi connectivity index (χ2v) is 7.61. The van der Waals surface area contributed by atoms with Gasteiger partial charge in [0.05, 0.1) is 12.4 Å². The van der Waals surface area contributed by atoms with E-state index in [0.717, 1.165) is 28.3 Å². The Morgan fingerprint density at radius 1 is 1.07 bits per heavy atom. The molecule has 2 aromatic carbocycles. The van der Waals surface area contributed by atoms with E-state index in [4.69, 9.17) is 4.74 Å². The third kappa shape index (κ3) is 4.13. The molecule has 0 aliphatic carbocycles. The van der Waals surface area contributed by atoms with Crippen molar-refractivity contribution >= 4 is 21.6 Å². The van der Waals surface area contributed by atoms with Crippen LogP contribution in [0.3, 0.4) is 0 Å². The van der Waals surface area contributed by atoms with Gasteiger partial charge in [0.15, 0.2) is 5.82 Å². The van der Waals surface area contributed by atoms with E-state index in [9.17, 15) is 4.79 Å². The number of rotatable bonds is 7. The minimum Gasteiger partial charge on any atom is -0.488 e. The highest BCUT2D eigenvalue weighted by Gasteiger charge is 2.14. The zero-order valence-corrected chi connectivity index (χ0v) is 16.5. The molecule has 5 nitrogen and oxygen atoms in total. The Labute approximate surface area is 167 Å². The first kappa shape index (κ1) is 18.4. The maximum atomic E-state index is 12.7. The van der Waals surface area contributed by atoms with E-state index in [0.29, 0.717) is 24.4 Å². The number of nitrogens with zero attached hydrogens (tertiary/aromatic N) is 1. The molecule has 6 heteroatoms. The van der Waals surface area contributed by atoms with Gasteiger partial charge in [0.25, 0.3) is 5.56 Å². The largest absolute Gasteiger partial charge is 0.488 e. The molecule has 0 radical (unpaired) electrons. The van der Waals surface area contributed by atoms with E-state index in [1.165, 1.54) is 16.2 Å². The summed E-state index contributed by atoms with van der Waals surface area (Å²) in [5.74, 6) is 1.58. The molecule has 28 heavy (non-hydrogen) atoms. The van der Waals surface area contributed by atoms with Crippen LogP contribution in [0.25, 0.3) is 21.3 Å². The molecule has 2 N–H and O–H groups in total. The lowest BCUT2D eigenvalue weighted by molar-refractivity contribution is -0.894. The summed E-state index contributed by atoms with van der Waals surface area (Å²) >= 11 is 1.51. The Kier molecular flexibility index (Phi) is 5.50. The minimum atomic E-state index is -0.0755. The van der Waals surface area contributed by atoms with Gasteiger partial charge >= 0.3 is 0 Å².